The van der Waals surface area contributed by atoms with Gasteiger partial charge in [0.05, 0.1) is 5.69 Å². The first-order valence-electron chi connectivity index (χ1n) is 6.36. The highest BCUT2D eigenvalue weighted by Crippen LogP contribution is 2.28. The maximum Gasteiger partial charge on any atom is 0.273 e. The van der Waals surface area contributed by atoms with Gasteiger partial charge in [-0.25, -0.2) is 8.42 Å². The van der Waals surface area contributed by atoms with Crippen LogP contribution in [-0.4, -0.2) is 15.0 Å². The summed E-state index contributed by atoms with van der Waals surface area (Å²) in [6.07, 6.45) is 0. The van der Waals surface area contributed by atoms with Gasteiger partial charge in [-0.3, -0.25) is 4.31 Å². The van der Waals surface area contributed by atoms with Gasteiger partial charge in [-0.15, -0.1) is 11.3 Å². The van der Waals surface area contributed by atoms with Gasteiger partial charge in [0.15, 0.2) is 0 Å². The van der Waals surface area contributed by atoms with Crippen LogP contribution in [0.4, 0.5) is 5.69 Å². The molecule has 0 aliphatic heterocycles. The Hall–Kier alpha value is -1.37. The normalized spacial score (nSPS) is 11.6. The van der Waals surface area contributed by atoms with E-state index in [9.17, 15) is 8.42 Å². The molecule has 4 nitrogen and oxygen atoms in total. The minimum atomic E-state index is -3.51. The fourth-order valence-electron chi connectivity index (χ4n) is 1.91. The SMILES string of the molecule is CCN(c1ccc(C)cc1)S(=O)(=O)c1cc(CN)cs1. The third-order valence-electron chi connectivity index (χ3n) is 3.02. The molecule has 1 heterocycles. The van der Waals surface area contributed by atoms with E-state index < -0.39 is 10.0 Å². The molecule has 0 fully saturated rings. The molecule has 0 atom stereocenters. The van der Waals surface area contributed by atoms with Crippen LogP contribution in [0.25, 0.3) is 0 Å². The Morgan fingerprint density at radius 1 is 1.25 bits per heavy atom. The van der Waals surface area contributed by atoms with Crippen molar-refractivity contribution in [3.05, 3.63) is 46.8 Å². The number of aryl methyl sites for hydroxylation is 1. The zero-order valence-electron chi connectivity index (χ0n) is 11.5. The third kappa shape index (κ3) is 2.87. The molecule has 0 radical (unpaired) electrons. The van der Waals surface area contributed by atoms with Crippen molar-refractivity contribution in [2.24, 2.45) is 5.73 Å². The zero-order chi connectivity index (χ0) is 14.8. The van der Waals surface area contributed by atoms with Gasteiger partial charge in [0, 0.05) is 13.1 Å². The number of sulfonamides is 1. The van der Waals surface area contributed by atoms with Gasteiger partial charge in [-0.05, 0) is 43.0 Å². The molecule has 2 rings (SSSR count). The monoisotopic (exact) mass is 310 g/mol. The fraction of sp³-hybridized carbons (Fsp3) is 0.286. The predicted molar refractivity (Wildman–Crippen MR) is 83.6 cm³/mol. The number of benzene rings is 1. The maximum absolute atomic E-state index is 12.7. The standard InChI is InChI=1S/C14H18N2O2S2/c1-3-16(13-6-4-11(2)5-7-13)20(17,18)14-8-12(9-15)10-19-14/h4-8,10H,3,9,15H2,1-2H3. The highest BCUT2D eigenvalue weighted by molar-refractivity contribution is 7.94. The van der Waals surface area contributed by atoms with E-state index in [2.05, 4.69) is 0 Å². The average Bonchev–Trinajstić information content (AvgIpc) is 2.91. The van der Waals surface area contributed by atoms with Gasteiger partial charge in [-0.2, -0.15) is 0 Å². The van der Waals surface area contributed by atoms with E-state index >= 15 is 0 Å². The van der Waals surface area contributed by atoms with Crippen molar-refractivity contribution in [1.82, 2.24) is 0 Å². The van der Waals surface area contributed by atoms with Crippen LogP contribution >= 0.6 is 11.3 Å². The summed E-state index contributed by atoms with van der Waals surface area (Å²) in [5.74, 6) is 0. The number of rotatable bonds is 5. The second-order valence-electron chi connectivity index (χ2n) is 4.48. The minimum Gasteiger partial charge on any atom is -0.326 e. The Morgan fingerprint density at radius 2 is 1.90 bits per heavy atom. The van der Waals surface area contributed by atoms with Gasteiger partial charge < -0.3 is 5.73 Å². The molecule has 0 bridgehead atoms. The van der Waals surface area contributed by atoms with Crippen LogP contribution in [0.3, 0.4) is 0 Å². The quantitative estimate of drug-likeness (QED) is 0.923. The molecule has 0 amide bonds. The smallest absolute Gasteiger partial charge is 0.273 e. The Balaban J connectivity index is 2.41. The van der Waals surface area contributed by atoms with Crippen molar-refractivity contribution in [1.29, 1.82) is 0 Å². The number of thiophene rings is 1. The first-order chi connectivity index (χ1) is 9.48. The zero-order valence-corrected chi connectivity index (χ0v) is 13.2. The second kappa shape index (κ2) is 5.95. The Kier molecular flexibility index (Phi) is 4.47. The van der Waals surface area contributed by atoms with Crippen LogP contribution < -0.4 is 10.0 Å². The largest absolute Gasteiger partial charge is 0.326 e. The molecule has 0 aliphatic rings. The van der Waals surface area contributed by atoms with E-state index in [1.54, 1.807) is 11.4 Å². The van der Waals surface area contributed by atoms with Gasteiger partial charge in [0.2, 0.25) is 0 Å². The molecule has 0 aliphatic carbocycles. The number of hydrogen-bond donors (Lipinski definition) is 1. The topological polar surface area (TPSA) is 63.4 Å². The molecular weight excluding hydrogens is 292 g/mol. The lowest BCUT2D eigenvalue weighted by Gasteiger charge is -2.22. The van der Waals surface area contributed by atoms with Gasteiger partial charge in [0.1, 0.15) is 4.21 Å². The van der Waals surface area contributed by atoms with Crippen molar-refractivity contribution < 1.29 is 8.42 Å². The summed E-state index contributed by atoms with van der Waals surface area (Å²) in [5.41, 5.74) is 8.16. The summed E-state index contributed by atoms with van der Waals surface area (Å²) in [7, 11) is -3.51. The lowest BCUT2D eigenvalue weighted by atomic mass is 10.2. The van der Waals surface area contributed by atoms with Crippen LogP contribution in [0, 0.1) is 6.92 Å². The van der Waals surface area contributed by atoms with Crippen molar-refractivity contribution in [3.8, 4) is 0 Å². The second-order valence-corrected chi connectivity index (χ2v) is 7.48. The number of nitrogens with zero attached hydrogens (tertiary/aromatic N) is 1. The summed E-state index contributed by atoms with van der Waals surface area (Å²) in [6.45, 7) is 4.54. The van der Waals surface area contributed by atoms with E-state index in [1.165, 1.54) is 15.6 Å². The van der Waals surface area contributed by atoms with Crippen LogP contribution in [0.5, 0.6) is 0 Å². The number of anilines is 1. The third-order valence-corrected chi connectivity index (χ3v) is 6.39. The molecule has 0 saturated heterocycles. The van der Waals surface area contributed by atoms with E-state index in [0.29, 0.717) is 23.0 Å². The first-order valence-corrected chi connectivity index (χ1v) is 8.68. The summed E-state index contributed by atoms with van der Waals surface area (Å²) < 4.78 is 27.1. The fourth-order valence-corrected chi connectivity index (χ4v) is 4.71. The molecule has 0 spiro atoms. The molecule has 6 heteroatoms. The van der Waals surface area contributed by atoms with Crippen LogP contribution in [-0.2, 0) is 16.6 Å². The van der Waals surface area contributed by atoms with Gasteiger partial charge in [0.25, 0.3) is 10.0 Å². The van der Waals surface area contributed by atoms with E-state index in [1.807, 2.05) is 38.1 Å². The van der Waals surface area contributed by atoms with Crippen molar-refractivity contribution in [3.63, 3.8) is 0 Å². The number of hydrogen-bond acceptors (Lipinski definition) is 4. The molecule has 0 saturated carbocycles. The Labute approximate surface area is 123 Å². The first kappa shape index (κ1) is 15.0. The minimum absolute atomic E-state index is 0.334. The lowest BCUT2D eigenvalue weighted by Crippen LogP contribution is -2.30. The summed E-state index contributed by atoms with van der Waals surface area (Å²) in [4.78, 5) is 0. The molecule has 1 aromatic heterocycles. The van der Waals surface area contributed by atoms with Crippen LogP contribution in [0.2, 0.25) is 0 Å². The lowest BCUT2D eigenvalue weighted by molar-refractivity contribution is 0.594. The van der Waals surface area contributed by atoms with Crippen molar-refractivity contribution in [2.75, 3.05) is 10.8 Å². The van der Waals surface area contributed by atoms with E-state index in [4.69, 9.17) is 5.73 Å². The highest BCUT2D eigenvalue weighted by Gasteiger charge is 2.25. The Bertz CT molecular complexity index is 675. The molecule has 2 N–H and O–H groups in total. The van der Waals surface area contributed by atoms with E-state index in [-0.39, 0.29) is 0 Å². The highest BCUT2D eigenvalue weighted by atomic mass is 32.2. The molecule has 108 valence electrons. The summed E-state index contributed by atoms with van der Waals surface area (Å²) >= 11 is 1.21. The van der Waals surface area contributed by atoms with Gasteiger partial charge >= 0.3 is 0 Å². The summed E-state index contributed by atoms with van der Waals surface area (Å²) in [5, 5.41) is 1.79. The molecule has 2 aromatic rings. The summed E-state index contributed by atoms with van der Waals surface area (Å²) in [6, 6.07) is 9.12. The number of nitrogens with two attached hydrogens (primary N) is 1. The Morgan fingerprint density at radius 3 is 2.40 bits per heavy atom. The average molecular weight is 310 g/mol. The molecule has 1 aromatic carbocycles. The maximum atomic E-state index is 12.7. The molecule has 0 unspecified atom stereocenters. The molecule has 20 heavy (non-hydrogen) atoms. The predicted octanol–water partition coefficient (Wildman–Crippen LogP) is 2.73. The van der Waals surface area contributed by atoms with Crippen LogP contribution in [0.15, 0.2) is 39.9 Å². The van der Waals surface area contributed by atoms with Crippen molar-refractivity contribution >= 4 is 27.0 Å². The van der Waals surface area contributed by atoms with Gasteiger partial charge in [-0.1, -0.05) is 17.7 Å². The van der Waals surface area contributed by atoms with E-state index in [0.717, 1.165) is 11.1 Å². The van der Waals surface area contributed by atoms with Crippen molar-refractivity contribution in [2.45, 2.75) is 24.6 Å². The molecular formula is C14H18N2O2S2. The van der Waals surface area contributed by atoms with Crippen LogP contribution in [0.1, 0.15) is 18.1 Å².